The van der Waals surface area contributed by atoms with Crippen LogP contribution in [0.3, 0.4) is 0 Å². The highest BCUT2D eigenvalue weighted by atomic mass is 16.1. The number of anilines is 3. The van der Waals surface area contributed by atoms with Gasteiger partial charge in [-0.1, -0.05) is 0 Å². The number of likely N-dealkylation sites (tertiary alicyclic amines) is 1. The molecule has 1 amide bonds. The van der Waals surface area contributed by atoms with E-state index in [9.17, 15) is 4.79 Å². The fourth-order valence-electron chi connectivity index (χ4n) is 5.22. The quantitative estimate of drug-likeness (QED) is 0.576. The van der Waals surface area contributed by atoms with Gasteiger partial charge in [0, 0.05) is 61.9 Å². The van der Waals surface area contributed by atoms with Crippen LogP contribution in [-0.4, -0.2) is 58.9 Å². The number of nitrogens with zero attached hydrogens (tertiary/aromatic N) is 5. The maximum absolute atomic E-state index is 10.6. The van der Waals surface area contributed by atoms with Gasteiger partial charge in [0.25, 0.3) is 0 Å². The van der Waals surface area contributed by atoms with E-state index in [-0.39, 0.29) is 0 Å². The Morgan fingerprint density at radius 1 is 1.19 bits per heavy atom. The number of fused-ring (bicyclic) bond motifs is 1. The molecule has 3 aliphatic rings. The number of hydrogen-bond donors (Lipinski definition) is 2. The van der Waals surface area contributed by atoms with Crippen molar-refractivity contribution >= 4 is 29.2 Å². The first-order chi connectivity index (χ1) is 15.1. The molecule has 1 aliphatic carbocycles. The van der Waals surface area contributed by atoms with Gasteiger partial charge in [0.2, 0.25) is 6.41 Å². The molecule has 1 saturated carbocycles. The van der Waals surface area contributed by atoms with Crippen molar-refractivity contribution in [3.8, 4) is 0 Å². The van der Waals surface area contributed by atoms with Crippen molar-refractivity contribution in [3.05, 3.63) is 48.0 Å². The van der Waals surface area contributed by atoms with Gasteiger partial charge in [-0.05, 0) is 43.5 Å². The Labute approximate surface area is 181 Å². The standard InChI is InChI=1S/C23H27N7O/c1-28-11-23(12-28)13-30(14-23)20-6-17(16-2-3-16)9-29-10-19(27-22(20)29)8-25-18-4-5-24-21(7-18)26-15-31/h4-7,9-10,15-16H,2-3,8,11-14H2,1H3,(H2,24,25,26,31). The van der Waals surface area contributed by atoms with Gasteiger partial charge >= 0.3 is 0 Å². The summed E-state index contributed by atoms with van der Waals surface area (Å²) in [4.78, 5) is 24.7. The summed E-state index contributed by atoms with van der Waals surface area (Å²) >= 11 is 0. The molecule has 0 aromatic carbocycles. The molecule has 2 aliphatic heterocycles. The predicted molar refractivity (Wildman–Crippen MR) is 121 cm³/mol. The van der Waals surface area contributed by atoms with Gasteiger partial charge in [-0.25, -0.2) is 9.97 Å². The van der Waals surface area contributed by atoms with Crippen molar-refractivity contribution in [1.29, 1.82) is 0 Å². The second kappa shape index (κ2) is 6.95. The molecule has 3 fully saturated rings. The van der Waals surface area contributed by atoms with Gasteiger partial charge in [0.1, 0.15) is 5.82 Å². The third kappa shape index (κ3) is 3.40. The van der Waals surface area contributed by atoms with Crippen molar-refractivity contribution in [2.75, 3.05) is 48.8 Å². The van der Waals surface area contributed by atoms with Crippen LogP contribution >= 0.6 is 0 Å². The van der Waals surface area contributed by atoms with Crippen molar-refractivity contribution in [3.63, 3.8) is 0 Å². The molecule has 8 nitrogen and oxygen atoms in total. The first kappa shape index (κ1) is 18.6. The second-order valence-electron chi connectivity index (χ2n) is 9.47. The first-order valence-corrected chi connectivity index (χ1v) is 11.0. The highest BCUT2D eigenvalue weighted by molar-refractivity contribution is 5.73. The highest BCUT2D eigenvalue weighted by Crippen LogP contribution is 2.45. The summed E-state index contributed by atoms with van der Waals surface area (Å²) in [7, 11) is 2.20. The maximum Gasteiger partial charge on any atom is 0.212 e. The van der Waals surface area contributed by atoms with Crippen molar-refractivity contribution in [1.82, 2.24) is 19.3 Å². The van der Waals surface area contributed by atoms with E-state index < -0.39 is 0 Å². The minimum atomic E-state index is 0.493. The summed E-state index contributed by atoms with van der Waals surface area (Å²) in [6.07, 6.45) is 9.29. The number of aromatic nitrogens is 3. The van der Waals surface area contributed by atoms with Crippen LogP contribution in [0.1, 0.15) is 30.0 Å². The van der Waals surface area contributed by atoms with Crippen molar-refractivity contribution in [2.45, 2.75) is 25.3 Å². The Morgan fingerprint density at radius 2 is 2.03 bits per heavy atom. The van der Waals surface area contributed by atoms with E-state index in [1.807, 2.05) is 12.1 Å². The van der Waals surface area contributed by atoms with Crippen LogP contribution in [0, 0.1) is 5.41 Å². The molecule has 3 aromatic rings. The number of carbonyl (C=O) groups excluding carboxylic acids is 1. The van der Waals surface area contributed by atoms with Crippen LogP contribution in [0.5, 0.6) is 0 Å². The summed E-state index contributed by atoms with van der Waals surface area (Å²) in [5.74, 6) is 1.23. The molecule has 0 radical (unpaired) electrons. The molecule has 6 rings (SSSR count). The van der Waals surface area contributed by atoms with Gasteiger partial charge < -0.3 is 24.8 Å². The van der Waals surface area contributed by atoms with Crippen LogP contribution in [0.4, 0.5) is 17.2 Å². The molecule has 3 aromatic heterocycles. The number of carbonyl (C=O) groups is 1. The van der Waals surface area contributed by atoms with Crippen LogP contribution in [0.15, 0.2) is 36.8 Å². The Kier molecular flexibility index (Phi) is 4.17. The smallest absolute Gasteiger partial charge is 0.212 e. The van der Waals surface area contributed by atoms with E-state index in [1.165, 1.54) is 37.2 Å². The van der Waals surface area contributed by atoms with E-state index in [2.05, 4.69) is 55.3 Å². The number of pyridine rings is 2. The van der Waals surface area contributed by atoms with Gasteiger partial charge in [-0.2, -0.15) is 0 Å². The van der Waals surface area contributed by atoms with Gasteiger partial charge in [-0.15, -0.1) is 0 Å². The Balaban J connectivity index is 1.24. The topological polar surface area (TPSA) is 77.8 Å². The fourth-order valence-corrected chi connectivity index (χ4v) is 5.22. The normalized spacial score (nSPS) is 19.8. The lowest BCUT2D eigenvalue weighted by Crippen LogP contribution is -2.71. The minimum Gasteiger partial charge on any atom is -0.379 e. The summed E-state index contributed by atoms with van der Waals surface area (Å²) < 4.78 is 2.21. The molecule has 0 atom stereocenters. The molecule has 8 heteroatoms. The fraction of sp³-hybridized carbons (Fsp3) is 0.435. The van der Waals surface area contributed by atoms with Crippen LogP contribution in [0.2, 0.25) is 0 Å². The summed E-state index contributed by atoms with van der Waals surface area (Å²) in [5, 5.41) is 5.97. The lowest BCUT2D eigenvalue weighted by atomic mass is 9.73. The summed E-state index contributed by atoms with van der Waals surface area (Å²) in [6.45, 7) is 5.28. The molecule has 1 spiro atoms. The highest BCUT2D eigenvalue weighted by Gasteiger charge is 2.50. The number of imidazole rings is 1. The van der Waals surface area contributed by atoms with E-state index in [0.717, 1.165) is 30.1 Å². The zero-order valence-electron chi connectivity index (χ0n) is 17.7. The monoisotopic (exact) mass is 417 g/mol. The van der Waals surface area contributed by atoms with Crippen molar-refractivity contribution < 1.29 is 4.79 Å². The van der Waals surface area contributed by atoms with E-state index in [4.69, 9.17) is 4.98 Å². The lowest BCUT2D eigenvalue weighted by molar-refractivity contribution is -0.105. The molecule has 31 heavy (non-hydrogen) atoms. The van der Waals surface area contributed by atoms with Crippen LogP contribution < -0.4 is 15.5 Å². The number of rotatable bonds is 7. The molecule has 5 heterocycles. The third-order valence-corrected chi connectivity index (χ3v) is 6.70. The Morgan fingerprint density at radius 3 is 2.77 bits per heavy atom. The predicted octanol–water partition coefficient (Wildman–Crippen LogP) is 2.54. The summed E-state index contributed by atoms with van der Waals surface area (Å²) in [6, 6.07) is 6.08. The zero-order valence-corrected chi connectivity index (χ0v) is 17.7. The minimum absolute atomic E-state index is 0.493. The van der Waals surface area contributed by atoms with E-state index >= 15 is 0 Å². The van der Waals surface area contributed by atoms with Crippen LogP contribution in [-0.2, 0) is 11.3 Å². The third-order valence-electron chi connectivity index (χ3n) is 6.70. The Bertz CT molecular complexity index is 1140. The largest absolute Gasteiger partial charge is 0.379 e. The average molecular weight is 418 g/mol. The molecule has 2 N–H and O–H groups in total. The molecule has 160 valence electrons. The number of hydrogen-bond acceptors (Lipinski definition) is 6. The van der Waals surface area contributed by atoms with Crippen LogP contribution in [0.25, 0.3) is 5.65 Å². The van der Waals surface area contributed by atoms with E-state index in [1.54, 1.807) is 6.20 Å². The molecular formula is C23H27N7O. The number of nitrogens with one attached hydrogen (secondary N) is 2. The SMILES string of the molecule is CN1CC2(C1)CN(c1cc(C3CC3)cn3cc(CNc4ccnc(NC=O)c4)nc13)C2. The van der Waals surface area contributed by atoms with Gasteiger partial charge in [0.05, 0.1) is 17.9 Å². The number of amides is 1. The average Bonchev–Trinajstić information content (AvgIpc) is 3.48. The Hall–Kier alpha value is -3.13. The lowest BCUT2D eigenvalue weighted by Gasteiger charge is -2.60. The molecular weight excluding hydrogens is 390 g/mol. The van der Waals surface area contributed by atoms with Gasteiger partial charge in [0.15, 0.2) is 5.65 Å². The molecule has 0 unspecified atom stereocenters. The summed E-state index contributed by atoms with van der Waals surface area (Å²) in [5.41, 5.74) is 6.14. The second-order valence-corrected chi connectivity index (χ2v) is 9.47. The maximum atomic E-state index is 10.6. The molecule has 0 bridgehead atoms. The van der Waals surface area contributed by atoms with Crippen molar-refractivity contribution in [2.24, 2.45) is 5.41 Å². The van der Waals surface area contributed by atoms with Gasteiger partial charge in [-0.3, -0.25) is 4.79 Å². The first-order valence-electron chi connectivity index (χ1n) is 11.0. The van der Waals surface area contributed by atoms with E-state index in [0.29, 0.717) is 30.1 Å². The molecule has 2 saturated heterocycles. The zero-order chi connectivity index (χ0) is 21.0.